The van der Waals surface area contributed by atoms with Gasteiger partial charge in [-0.3, -0.25) is 0 Å². The Hall–Kier alpha value is -1.82. The molecule has 0 aliphatic carbocycles. The van der Waals surface area contributed by atoms with Crippen LogP contribution >= 0.6 is 0 Å². The Morgan fingerprint density at radius 3 is 2.82 bits per heavy atom. The average molecular weight is 236 g/mol. The number of fused-ring (bicyclic) bond motifs is 1. The molecule has 2 rings (SSSR count). The van der Waals surface area contributed by atoms with Crippen LogP contribution in [0.2, 0.25) is 0 Å². The van der Waals surface area contributed by atoms with Crippen molar-refractivity contribution in [1.82, 2.24) is 15.2 Å². The summed E-state index contributed by atoms with van der Waals surface area (Å²) in [7, 11) is 4.06. The van der Waals surface area contributed by atoms with E-state index in [9.17, 15) is 0 Å². The van der Waals surface area contributed by atoms with E-state index in [1.165, 1.54) is 0 Å². The van der Waals surface area contributed by atoms with Gasteiger partial charge in [-0.15, -0.1) is 0 Å². The molecule has 0 unspecified atom stereocenters. The Balaban J connectivity index is 2.04. The van der Waals surface area contributed by atoms with E-state index >= 15 is 0 Å². The maximum atomic E-state index is 5.74. The molecule has 0 amide bonds. The third-order valence-corrected chi connectivity index (χ3v) is 2.42. The molecule has 1 aromatic carbocycles. The predicted octanol–water partition coefficient (Wildman–Crippen LogP) is 1.14. The van der Waals surface area contributed by atoms with Crippen molar-refractivity contribution in [2.45, 2.75) is 6.42 Å². The molecular weight excluding hydrogens is 220 g/mol. The van der Waals surface area contributed by atoms with E-state index in [4.69, 9.17) is 10.5 Å². The number of benzene rings is 1. The SMILES string of the molecule is CN(C)CCCOc1ccc(N)c2nonc12. The van der Waals surface area contributed by atoms with E-state index in [1.807, 2.05) is 14.1 Å². The highest BCUT2D eigenvalue weighted by Crippen LogP contribution is 2.26. The minimum absolute atomic E-state index is 0.543. The highest BCUT2D eigenvalue weighted by atomic mass is 16.6. The lowest BCUT2D eigenvalue weighted by Gasteiger charge is -2.10. The number of nitrogens with two attached hydrogens (primary N) is 1. The zero-order chi connectivity index (χ0) is 12.3. The molecule has 2 aromatic rings. The molecule has 0 fully saturated rings. The summed E-state index contributed by atoms with van der Waals surface area (Å²) >= 11 is 0. The topological polar surface area (TPSA) is 77.4 Å². The minimum Gasteiger partial charge on any atom is -0.491 e. The predicted molar refractivity (Wildman–Crippen MR) is 64.9 cm³/mol. The molecule has 6 heteroatoms. The summed E-state index contributed by atoms with van der Waals surface area (Å²) in [5.74, 6) is 0.661. The van der Waals surface area contributed by atoms with Crippen molar-refractivity contribution < 1.29 is 9.37 Å². The second kappa shape index (κ2) is 5.01. The summed E-state index contributed by atoms with van der Waals surface area (Å²) in [4.78, 5) is 2.11. The van der Waals surface area contributed by atoms with Gasteiger partial charge in [0.1, 0.15) is 0 Å². The van der Waals surface area contributed by atoms with Crippen molar-refractivity contribution in [3.63, 3.8) is 0 Å². The zero-order valence-corrected chi connectivity index (χ0v) is 10.0. The van der Waals surface area contributed by atoms with Crippen LogP contribution < -0.4 is 10.5 Å². The molecule has 0 saturated heterocycles. The van der Waals surface area contributed by atoms with Gasteiger partial charge in [-0.1, -0.05) is 0 Å². The normalized spacial score (nSPS) is 11.2. The number of nitrogens with zero attached hydrogens (tertiary/aromatic N) is 3. The van der Waals surface area contributed by atoms with Gasteiger partial charge >= 0.3 is 0 Å². The monoisotopic (exact) mass is 236 g/mol. The lowest BCUT2D eigenvalue weighted by Crippen LogP contribution is -2.15. The van der Waals surface area contributed by atoms with Gasteiger partial charge in [0.25, 0.3) is 0 Å². The fourth-order valence-electron chi connectivity index (χ4n) is 1.54. The summed E-state index contributed by atoms with van der Waals surface area (Å²) in [5.41, 5.74) is 7.41. The summed E-state index contributed by atoms with van der Waals surface area (Å²) in [5, 5.41) is 7.53. The molecule has 0 atom stereocenters. The Morgan fingerprint density at radius 2 is 2.06 bits per heavy atom. The molecule has 17 heavy (non-hydrogen) atoms. The molecule has 6 nitrogen and oxygen atoms in total. The summed E-state index contributed by atoms with van der Waals surface area (Å²) in [6.45, 7) is 1.61. The third-order valence-electron chi connectivity index (χ3n) is 2.42. The molecule has 0 spiro atoms. The smallest absolute Gasteiger partial charge is 0.179 e. The van der Waals surface area contributed by atoms with Crippen molar-refractivity contribution in [2.75, 3.05) is 33.0 Å². The van der Waals surface area contributed by atoms with Crippen LogP contribution in [0.3, 0.4) is 0 Å². The number of ether oxygens (including phenoxy) is 1. The van der Waals surface area contributed by atoms with Crippen molar-refractivity contribution in [2.24, 2.45) is 0 Å². The Morgan fingerprint density at radius 1 is 1.29 bits per heavy atom. The zero-order valence-electron chi connectivity index (χ0n) is 10.0. The van der Waals surface area contributed by atoms with E-state index in [2.05, 4.69) is 19.8 Å². The number of anilines is 1. The fraction of sp³-hybridized carbons (Fsp3) is 0.455. The first-order valence-electron chi connectivity index (χ1n) is 5.47. The molecule has 0 saturated carbocycles. The number of nitrogen functional groups attached to an aromatic ring is 1. The Kier molecular flexibility index (Phi) is 3.43. The van der Waals surface area contributed by atoms with Gasteiger partial charge in [-0.25, -0.2) is 4.63 Å². The highest BCUT2D eigenvalue weighted by molar-refractivity contribution is 5.90. The molecule has 0 radical (unpaired) electrons. The maximum absolute atomic E-state index is 5.74. The average Bonchev–Trinajstić information content (AvgIpc) is 2.76. The van der Waals surface area contributed by atoms with Gasteiger partial charge in [0.15, 0.2) is 16.8 Å². The standard InChI is InChI=1S/C11H16N4O2/c1-15(2)6-3-7-16-9-5-4-8(12)10-11(9)14-17-13-10/h4-5H,3,6-7,12H2,1-2H3. The summed E-state index contributed by atoms with van der Waals surface area (Å²) < 4.78 is 10.3. The first-order chi connectivity index (χ1) is 8.18. The van der Waals surface area contributed by atoms with Crippen LogP contribution in [-0.2, 0) is 0 Å². The van der Waals surface area contributed by atoms with E-state index < -0.39 is 0 Å². The van der Waals surface area contributed by atoms with Crippen LogP contribution in [0.1, 0.15) is 6.42 Å². The number of hydrogen-bond donors (Lipinski definition) is 1. The number of aromatic nitrogens is 2. The quantitative estimate of drug-likeness (QED) is 0.619. The van der Waals surface area contributed by atoms with Crippen molar-refractivity contribution >= 4 is 16.7 Å². The first-order valence-corrected chi connectivity index (χ1v) is 5.47. The van der Waals surface area contributed by atoms with Crippen LogP contribution in [0.4, 0.5) is 5.69 Å². The van der Waals surface area contributed by atoms with Crippen molar-refractivity contribution in [1.29, 1.82) is 0 Å². The number of hydrogen-bond acceptors (Lipinski definition) is 6. The Labute approximate surface area is 99.3 Å². The van der Waals surface area contributed by atoms with Gasteiger partial charge < -0.3 is 15.4 Å². The van der Waals surface area contributed by atoms with E-state index in [0.717, 1.165) is 13.0 Å². The van der Waals surface area contributed by atoms with Crippen LogP contribution in [0.5, 0.6) is 5.75 Å². The molecule has 1 heterocycles. The Bertz CT molecular complexity index is 495. The maximum Gasteiger partial charge on any atom is 0.179 e. The fourth-order valence-corrected chi connectivity index (χ4v) is 1.54. The van der Waals surface area contributed by atoms with Crippen LogP contribution in [0, 0.1) is 0 Å². The summed E-state index contributed by atoms with van der Waals surface area (Å²) in [6, 6.07) is 3.53. The van der Waals surface area contributed by atoms with Crippen LogP contribution in [-0.4, -0.2) is 42.5 Å². The molecule has 1 aromatic heterocycles. The van der Waals surface area contributed by atoms with Gasteiger partial charge in [0.05, 0.1) is 12.3 Å². The largest absolute Gasteiger partial charge is 0.491 e. The second-order valence-electron chi connectivity index (χ2n) is 4.12. The first kappa shape index (κ1) is 11.7. The van der Waals surface area contributed by atoms with Crippen molar-refractivity contribution in [3.05, 3.63) is 12.1 Å². The minimum atomic E-state index is 0.543. The molecular formula is C11H16N4O2. The molecule has 92 valence electrons. The van der Waals surface area contributed by atoms with Gasteiger partial charge in [-0.05, 0) is 43.0 Å². The lowest BCUT2D eigenvalue weighted by molar-refractivity contribution is 0.280. The second-order valence-corrected chi connectivity index (χ2v) is 4.12. The van der Waals surface area contributed by atoms with Gasteiger partial charge in [-0.2, -0.15) is 0 Å². The van der Waals surface area contributed by atoms with E-state index in [-0.39, 0.29) is 0 Å². The third kappa shape index (κ3) is 2.65. The molecule has 2 N–H and O–H groups in total. The lowest BCUT2D eigenvalue weighted by atomic mass is 10.2. The molecule has 0 aliphatic heterocycles. The summed E-state index contributed by atoms with van der Waals surface area (Å²) in [6.07, 6.45) is 0.949. The molecule has 0 bridgehead atoms. The van der Waals surface area contributed by atoms with E-state index in [1.54, 1.807) is 12.1 Å². The van der Waals surface area contributed by atoms with Crippen LogP contribution in [0.15, 0.2) is 16.8 Å². The van der Waals surface area contributed by atoms with Gasteiger partial charge in [0.2, 0.25) is 0 Å². The van der Waals surface area contributed by atoms with Gasteiger partial charge in [0, 0.05) is 6.54 Å². The van der Waals surface area contributed by atoms with Crippen LogP contribution in [0.25, 0.3) is 11.0 Å². The molecule has 0 aliphatic rings. The highest BCUT2D eigenvalue weighted by Gasteiger charge is 2.10. The number of rotatable bonds is 5. The van der Waals surface area contributed by atoms with E-state index in [0.29, 0.717) is 29.1 Å². The van der Waals surface area contributed by atoms with Crippen molar-refractivity contribution in [3.8, 4) is 5.75 Å².